The molecule has 2 N–H and O–H groups in total. The Balaban J connectivity index is 2.13. The highest BCUT2D eigenvalue weighted by atomic mass is 79.9. The Bertz CT molecular complexity index is 579. The van der Waals surface area contributed by atoms with Gasteiger partial charge in [-0.1, -0.05) is 75.7 Å². The molecule has 0 atom stereocenters. The minimum Gasteiger partial charge on any atom is -0.481 e. The summed E-state index contributed by atoms with van der Waals surface area (Å²) < 4.78 is -0.720. The molecule has 0 aliphatic heterocycles. The molecular formula is C16H16BrNO3. The number of alkyl halides is 1. The van der Waals surface area contributed by atoms with Crippen LogP contribution in [0.2, 0.25) is 0 Å². The molecule has 0 spiro atoms. The number of rotatable bonds is 5. The molecule has 1 aromatic rings. The number of benzene rings is 1. The van der Waals surface area contributed by atoms with Crippen molar-refractivity contribution >= 4 is 27.6 Å². The van der Waals surface area contributed by atoms with Crippen LogP contribution in [0.15, 0.2) is 59.8 Å². The van der Waals surface area contributed by atoms with Crippen LogP contribution < -0.4 is 0 Å². The topological polar surface area (TPSA) is 69.9 Å². The van der Waals surface area contributed by atoms with Crippen LogP contribution in [0, 0.1) is 0 Å². The Morgan fingerprint density at radius 1 is 1.19 bits per heavy atom. The van der Waals surface area contributed by atoms with Gasteiger partial charge in [-0.05, 0) is 5.56 Å². The Morgan fingerprint density at radius 2 is 1.81 bits per heavy atom. The van der Waals surface area contributed by atoms with E-state index in [1.807, 2.05) is 54.6 Å². The van der Waals surface area contributed by atoms with E-state index in [0.29, 0.717) is 5.71 Å². The quantitative estimate of drug-likeness (QED) is 0.280. The Labute approximate surface area is 131 Å². The second-order valence-corrected chi connectivity index (χ2v) is 6.18. The fraction of sp³-hybridized carbons (Fsp3) is 0.250. The number of carboxylic acids is 1. The second kappa shape index (κ2) is 6.72. The molecule has 0 saturated heterocycles. The first-order chi connectivity index (χ1) is 10.0. The molecule has 0 unspecified atom stereocenters. The van der Waals surface area contributed by atoms with E-state index in [2.05, 4.69) is 21.1 Å². The zero-order valence-electron chi connectivity index (χ0n) is 11.3. The van der Waals surface area contributed by atoms with Crippen LogP contribution in [0.1, 0.15) is 24.3 Å². The molecule has 1 aliphatic carbocycles. The predicted octanol–water partition coefficient (Wildman–Crippen LogP) is 3.72. The molecule has 0 heterocycles. The van der Waals surface area contributed by atoms with Crippen molar-refractivity contribution in [2.75, 3.05) is 0 Å². The SMILES string of the molecule is O=C(O)CC/C(=N\O)C1(Br)C=CC(c2ccccc2)C=C1. The third-order valence-electron chi connectivity index (χ3n) is 3.42. The average Bonchev–Trinajstić information content (AvgIpc) is 2.49. The zero-order chi connectivity index (χ0) is 15.3. The third-order valence-corrected chi connectivity index (χ3v) is 4.40. The van der Waals surface area contributed by atoms with Crippen molar-refractivity contribution in [3.05, 3.63) is 60.2 Å². The normalized spacial score (nSPS) is 25.0. The number of nitrogens with zero attached hydrogens (tertiary/aromatic N) is 1. The number of aliphatic carboxylic acids is 1. The summed E-state index contributed by atoms with van der Waals surface area (Å²) in [6.07, 6.45) is 7.91. The number of allylic oxidation sites excluding steroid dienone is 4. The predicted molar refractivity (Wildman–Crippen MR) is 85.2 cm³/mol. The van der Waals surface area contributed by atoms with E-state index in [9.17, 15) is 4.79 Å². The molecule has 110 valence electrons. The van der Waals surface area contributed by atoms with Crippen molar-refractivity contribution < 1.29 is 15.1 Å². The maximum Gasteiger partial charge on any atom is 0.303 e. The van der Waals surface area contributed by atoms with Crippen molar-refractivity contribution in [1.29, 1.82) is 0 Å². The molecule has 5 heteroatoms. The number of halogens is 1. The first kappa shape index (κ1) is 15.5. The van der Waals surface area contributed by atoms with Crippen LogP contribution >= 0.6 is 15.9 Å². The van der Waals surface area contributed by atoms with Gasteiger partial charge < -0.3 is 10.3 Å². The lowest BCUT2D eigenvalue weighted by Gasteiger charge is -2.26. The maximum atomic E-state index is 10.7. The molecule has 0 aromatic heterocycles. The zero-order valence-corrected chi connectivity index (χ0v) is 12.9. The molecule has 0 fully saturated rings. The number of hydrogen-bond donors (Lipinski definition) is 2. The van der Waals surface area contributed by atoms with Crippen molar-refractivity contribution in [3.63, 3.8) is 0 Å². The molecule has 2 rings (SSSR count). The molecule has 0 bridgehead atoms. The van der Waals surface area contributed by atoms with E-state index in [4.69, 9.17) is 10.3 Å². The molecule has 21 heavy (non-hydrogen) atoms. The first-order valence-corrected chi connectivity index (χ1v) is 7.40. The summed E-state index contributed by atoms with van der Waals surface area (Å²) in [6, 6.07) is 10.0. The van der Waals surface area contributed by atoms with Gasteiger partial charge in [0.05, 0.1) is 12.1 Å². The van der Waals surface area contributed by atoms with E-state index in [1.165, 1.54) is 5.56 Å². The number of carbonyl (C=O) groups is 1. The number of hydrogen-bond acceptors (Lipinski definition) is 3. The largest absolute Gasteiger partial charge is 0.481 e. The van der Waals surface area contributed by atoms with Crippen molar-refractivity contribution in [2.24, 2.45) is 5.16 Å². The van der Waals surface area contributed by atoms with Gasteiger partial charge in [-0.25, -0.2) is 0 Å². The molecule has 0 amide bonds. The fourth-order valence-electron chi connectivity index (χ4n) is 2.24. The van der Waals surface area contributed by atoms with Gasteiger partial charge in [0.25, 0.3) is 0 Å². The monoisotopic (exact) mass is 349 g/mol. The lowest BCUT2D eigenvalue weighted by Crippen LogP contribution is -2.30. The van der Waals surface area contributed by atoms with Gasteiger partial charge in [0.15, 0.2) is 0 Å². The van der Waals surface area contributed by atoms with Gasteiger partial charge in [0.2, 0.25) is 0 Å². The highest BCUT2D eigenvalue weighted by Crippen LogP contribution is 2.34. The average molecular weight is 350 g/mol. The second-order valence-electron chi connectivity index (χ2n) is 4.86. The highest BCUT2D eigenvalue weighted by Gasteiger charge is 2.31. The summed E-state index contributed by atoms with van der Waals surface area (Å²) in [6.45, 7) is 0. The van der Waals surface area contributed by atoms with Crippen LogP contribution in [0.5, 0.6) is 0 Å². The summed E-state index contributed by atoms with van der Waals surface area (Å²) in [5.74, 6) is -0.755. The van der Waals surface area contributed by atoms with Crippen LogP contribution in [0.4, 0.5) is 0 Å². The fourth-order valence-corrected chi connectivity index (χ4v) is 2.82. The minimum atomic E-state index is -0.918. The molecule has 1 aliphatic rings. The van der Waals surface area contributed by atoms with E-state index in [1.54, 1.807) is 0 Å². The van der Waals surface area contributed by atoms with Gasteiger partial charge >= 0.3 is 5.97 Å². The molecule has 4 nitrogen and oxygen atoms in total. The Hall–Kier alpha value is -1.88. The highest BCUT2D eigenvalue weighted by molar-refractivity contribution is 9.10. The number of oxime groups is 1. The summed E-state index contributed by atoms with van der Waals surface area (Å²) in [7, 11) is 0. The van der Waals surface area contributed by atoms with Crippen molar-refractivity contribution in [3.8, 4) is 0 Å². The lowest BCUT2D eigenvalue weighted by molar-refractivity contribution is -0.136. The van der Waals surface area contributed by atoms with E-state index >= 15 is 0 Å². The molecule has 0 radical (unpaired) electrons. The molecule has 0 saturated carbocycles. The first-order valence-electron chi connectivity index (χ1n) is 6.61. The smallest absolute Gasteiger partial charge is 0.303 e. The summed E-state index contributed by atoms with van der Waals surface area (Å²) in [5.41, 5.74) is 1.55. The summed E-state index contributed by atoms with van der Waals surface area (Å²) in [4.78, 5) is 10.7. The van der Waals surface area contributed by atoms with Gasteiger partial charge in [-0.3, -0.25) is 4.79 Å². The third kappa shape index (κ3) is 3.82. The van der Waals surface area contributed by atoms with Gasteiger partial charge in [0, 0.05) is 12.3 Å². The van der Waals surface area contributed by atoms with E-state index < -0.39 is 10.3 Å². The van der Waals surface area contributed by atoms with Crippen LogP contribution in [0.3, 0.4) is 0 Å². The van der Waals surface area contributed by atoms with Gasteiger partial charge in [-0.2, -0.15) is 0 Å². The van der Waals surface area contributed by atoms with E-state index in [0.717, 1.165) is 0 Å². The van der Waals surface area contributed by atoms with Crippen LogP contribution in [0.25, 0.3) is 0 Å². The Kier molecular flexibility index (Phi) is 4.96. The Morgan fingerprint density at radius 3 is 2.33 bits per heavy atom. The van der Waals surface area contributed by atoms with Crippen molar-refractivity contribution in [1.82, 2.24) is 0 Å². The molecule has 1 aromatic carbocycles. The molecular weight excluding hydrogens is 334 g/mol. The van der Waals surface area contributed by atoms with Crippen molar-refractivity contribution in [2.45, 2.75) is 23.1 Å². The maximum absolute atomic E-state index is 10.7. The minimum absolute atomic E-state index is 0.0729. The lowest BCUT2D eigenvalue weighted by atomic mass is 9.87. The standard InChI is InChI=1S/C16H16BrNO3/c17-16(14(18-21)6-7-15(19)20)10-8-13(9-11-16)12-4-2-1-3-5-12/h1-5,8-11,13,21H,6-7H2,(H,19,20)/b18-14+. The van der Waals surface area contributed by atoms with Gasteiger partial charge in [0.1, 0.15) is 4.32 Å². The number of carboxylic acid groups (broad SMARTS) is 1. The van der Waals surface area contributed by atoms with Crippen LogP contribution in [-0.2, 0) is 4.79 Å². The van der Waals surface area contributed by atoms with Gasteiger partial charge in [-0.15, -0.1) is 0 Å². The van der Waals surface area contributed by atoms with Crippen LogP contribution in [-0.4, -0.2) is 26.3 Å². The summed E-state index contributed by atoms with van der Waals surface area (Å²) in [5, 5.41) is 21.1. The van der Waals surface area contributed by atoms with E-state index in [-0.39, 0.29) is 18.8 Å². The summed E-state index contributed by atoms with van der Waals surface area (Å²) >= 11 is 3.52.